The molecule has 0 fully saturated rings. The van der Waals surface area contributed by atoms with E-state index in [4.69, 9.17) is 15.9 Å². The number of aromatic amines is 1. The highest BCUT2D eigenvalue weighted by atomic mass is 16.5. The van der Waals surface area contributed by atoms with Crippen LogP contribution in [0, 0.1) is 19.3 Å². The number of terminal acetylenes is 1. The maximum Gasteiger partial charge on any atom is 0.226 e. The number of nitrogens with zero attached hydrogens (tertiary/aromatic N) is 5. The molecule has 4 heterocycles. The van der Waals surface area contributed by atoms with Crippen LogP contribution in [0.5, 0.6) is 11.5 Å². The van der Waals surface area contributed by atoms with Crippen molar-refractivity contribution in [3.8, 4) is 29.7 Å². The Morgan fingerprint density at radius 3 is 2.97 bits per heavy atom. The van der Waals surface area contributed by atoms with Gasteiger partial charge >= 0.3 is 0 Å². The van der Waals surface area contributed by atoms with Gasteiger partial charge in [0.2, 0.25) is 5.91 Å². The van der Waals surface area contributed by atoms with E-state index < -0.39 is 0 Å². The van der Waals surface area contributed by atoms with Gasteiger partial charge in [0, 0.05) is 17.9 Å². The number of H-pyrrole nitrogens is 1. The number of methoxy groups -OCH3 is 1. The number of hydrogen-bond acceptors (Lipinski definition) is 7. The highest BCUT2D eigenvalue weighted by Gasteiger charge is 2.34. The molecular weight excluding hydrogens is 410 g/mol. The molecule has 1 aromatic carbocycles. The molecule has 0 saturated heterocycles. The number of amides is 1. The average Bonchev–Trinajstić information content (AvgIpc) is 3.41. The minimum Gasteiger partial charge on any atom is -0.493 e. The molecule has 0 aliphatic carbocycles. The van der Waals surface area contributed by atoms with Gasteiger partial charge in [0.25, 0.3) is 0 Å². The Balaban J connectivity index is 1.63. The van der Waals surface area contributed by atoms with Gasteiger partial charge in [-0.05, 0) is 24.6 Å². The molecule has 0 saturated carbocycles. The summed E-state index contributed by atoms with van der Waals surface area (Å²) in [6.45, 7) is 2.05. The molecule has 0 radical (unpaired) electrons. The number of hydrogen-bond donors (Lipinski definition) is 2. The van der Waals surface area contributed by atoms with E-state index in [-0.39, 0.29) is 24.9 Å². The van der Waals surface area contributed by atoms with E-state index in [0.717, 1.165) is 16.8 Å². The van der Waals surface area contributed by atoms with Gasteiger partial charge in [-0.1, -0.05) is 12.0 Å². The van der Waals surface area contributed by atoms with Crippen molar-refractivity contribution in [2.24, 2.45) is 0 Å². The lowest BCUT2D eigenvalue weighted by atomic mass is 9.85. The number of ether oxygens (including phenoxy) is 2. The summed E-state index contributed by atoms with van der Waals surface area (Å²) >= 11 is 0. The molecule has 4 aromatic rings. The van der Waals surface area contributed by atoms with Gasteiger partial charge < -0.3 is 19.8 Å². The molecule has 1 aliphatic rings. The van der Waals surface area contributed by atoms with Crippen LogP contribution in [0.25, 0.3) is 17.0 Å². The minimum atomic E-state index is -0.220. The quantitative estimate of drug-likeness (QED) is 0.467. The Bertz CT molecular complexity index is 1380. The molecule has 1 aliphatic heterocycles. The van der Waals surface area contributed by atoms with Crippen molar-refractivity contribution in [1.29, 1.82) is 0 Å². The second kappa shape index (κ2) is 7.70. The normalized spacial score (nSPS) is 15.2. The van der Waals surface area contributed by atoms with Gasteiger partial charge in [-0.15, -0.1) is 6.42 Å². The van der Waals surface area contributed by atoms with E-state index >= 15 is 0 Å². The number of carbonyl (C=O) groups excluding carboxylic acids is 1. The van der Waals surface area contributed by atoms with Crippen molar-refractivity contribution >= 4 is 22.9 Å². The number of anilines is 1. The minimum absolute atomic E-state index is 0.120. The van der Waals surface area contributed by atoms with E-state index in [2.05, 4.69) is 36.3 Å². The van der Waals surface area contributed by atoms with E-state index in [9.17, 15) is 4.79 Å². The molecule has 10 nitrogen and oxygen atoms in total. The molecule has 0 spiro atoms. The Labute approximate surface area is 183 Å². The number of benzene rings is 1. The first-order valence-electron chi connectivity index (χ1n) is 9.88. The average molecular weight is 429 g/mol. The Morgan fingerprint density at radius 1 is 1.28 bits per heavy atom. The number of rotatable bonds is 5. The Kier molecular flexibility index (Phi) is 4.71. The third-order valence-corrected chi connectivity index (χ3v) is 5.41. The molecule has 3 aromatic heterocycles. The first-order chi connectivity index (χ1) is 15.6. The highest BCUT2D eigenvalue weighted by Crippen LogP contribution is 2.42. The number of carbonyl (C=O) groups is 1. The topological polar surface area (TPSA) is 120 Å². The number of aromatic nitrogens is 6. The molecule has 2 N–H and O–H groups in total. The van der Waals surface area contributed by atoms with Crippen LogP contribution in [0.1, 0.15) is 29.2 Å². The standard InChI is InChI=1S/C22H19N7O3/c1-4-7-32-15-6-5-13(8-16(15)31-3)14-9-17(30)27-21-18(14)12(2)28-29(21)22-19-20(24-10-23-19)25-11-26-22/h1,5-6,8,10-11,14H,7,9H2,2-3H3,(H,27,30)(H,23,24,25,26)/t14-/m1/s1. The lowest BCUT2D eigenvalue weighted by Gasteiger charge is -2.25. The molecular formula is C22H19N7O3. The third kappa shape index (κ3) is 3.11. The van der Waals surface area contributed by atoms with Crippen molar-refractivity contribution < 1.29 is 14.3 Å². The van der Waals surface area contributed by atoms with Gasteiger partial charge in [0.15, 0.2) is 23.0 Å². The summed E-state index contributed by atoms with van der Waals surface area (Å²) in [7, 11) is 1.56. The van der Waals surface area contributed by atoms with Crippen molar-refractivity contribution in [2.75, 3.05) is 19.0 Å². The predicted molar refractivity (Wildman–Crippen MR) is 116 cm³/mol. The summed E-state index contributed by atoms with van der Waals surface area (Å²) in [6, 6.07) is 5.58. The summed E-state index contributed by atoms with van der Waals surface area (Å²) in [6.07, 6.45) is 8.53. The van der Waals surface area contributed by atoms with E-state index in [0.29, 0.717) is 34.3 Å². The van der Waals surface area contributed by atoms with E-state index in [1.807, 2.05) is 19.1 Å². The van der Waals surface area contributed by atoms with Crippen molar-refractivity contribution in [3.05, 3.63) is 47.7 Å². The third-order valence-electron chi connectivity index (χ3n) is 5.41. The van der Waals surface area contributed by atoms with Crippen LogP contribution in [0.15, 0.2) is 30.9 Å². The molecule has 0 bridgehead atoms. The lowest BCUT2D eigenvalue weighted by Crippen LogP contribution is -2.25. The first kappa shape index (κ1) is 19.6. The van der Waals surface area contributed by atoms with Crippen LogP contribution < -0.4 is 14.8 Å². The molecule has 10 heteroatoms. The highest BCUT2D eigenvalue weighted by molar-refractivity contribution is 5.95. The summed E-state index contributed by atoms with van der Waals surface area (Å²) in [5, 5.41) is 7.65. The number of fused-ring (bicyclic) bond motifs is 2. The predicted octanol–water partition coefficient (Wildman–Crippen LogP) is 2.34. The van der Waals surface area contributed by atoms with Crippen LogP contribution in [0.2, 0.25) is 0 Å². The van der Waals surface area contributed by atoms with Gasteiger partial charge in [-0.3, -0.25) is 4.79 Å². The number of aryl methyl sites for hydroxylation is 1. The van der Waals surface area contributed by atoms with Crippen LogP contribution in [0.4, 0.5) is 5.82 Å². The van der Waals surface area contributed by atoms with Crippen molar-refractivity contribution in [3.63, 3.8) is 0 Å². The summed E-state index contributed by atoms with van der Waals surface area (Å²) in [4.78, 5) is 28.4. The fraction of sp³-hybridized carbons (Fsp3) is 0.227. The Morgan fingerprint density at radius 2 is 2.16 bits per heavy atom. The fourth-order valence-corrected chi connectivity index (χ4v) is 4.04. The van der Waals surface area contributed by atoms with Crippen LogP contribution >= 0.6 is 0 Å². The van der Waals surface area contributed by atoms with Crippen LogP contribution in [0.3, 0.4) is 0 Å². The molecule has 160 valence electrons. The van der Waals surface area contributed by atoms with Crippen LogP contribution in [-0.2, 0) is 4.79 Å². The zero-order chi connectivity index (χ0) is 22.2. The summed E-state index contributed by atoms with van der Waals surface area (Å²) in [5.74, 6) is 4.28. The van der Waals surface area contributed by atoms with Crippen molar-refractivity contribution in [1.82, 2.24) is 29.7 Å². The molecule has 1 amide bonds. The molecule has 0 unspecified atom stereocenters. The lowest BCUT2D eigenvalue weighted by molar-refractivity contribution is -0.116. The second-order valence-corrected chi connectivity index (χ2v) is 7.27. The van der Waals surface area contributed by atoms with Gasteiger partial charge in [-0.2, -0.15) is 9.78 Å². The monoisotopic (exact) mass is 429 g/mol. The van der Waals surface area contributed by atoms with Gasteiger partial charge in [0.1, 0.15) is 24.3 Å². The molecule has 5 rings (SSSR count). The Hall–Kier alpha value is -4.39. The van der Waals surface area contributed by atoms with E-state index in [1.165, 1.54) is 6.33 Å². The summed E-state index contributed by atoms with van der Waals surface area (Å²) < 4.78 is 12.7. The van der Waals surface area contributed by atoms with Gasteiger partial charge in [0.05, 0.1) is 19.1 Å². The first-order valence-corrected chi connectivity index (χ1v) is 9.88. The fourth-order valence-electron chi connectivity index (χ4n) is 4.04. The maximum absolute atomic E-state index is 12.7. The SMILES string of the molecule is C#CCOc1ccc([C@H]2CC(=O)Nc3c2c(C)nn3-c2ncnc3nc[nH]c23)cc1OC. The number of nitrogens with one attached hydrogen (secondary N) is 2. The smallest absolute Gasteiger partial charge is 0.226 e. The molecule has 1 atom stereocenters. The van der Waals surface area contributed by atoms with Crippen molar-refractivity contribution in [2.45, 2.75) is 19.3 Å². The van der Waals surface area contributed by atoms with Gasteiger partial charge in [-0.25, -0.2) is 15.0 Å². The maximum atomic E-state index is 12.7. The van der Waals surface area contributed by atoms with E-state index in [1.54, 1.807) is 24.2 Å². The second-order valence-electron chi connectivity index (χ2n) is 7.27. The van der Waals surface area contributed by atoms with Crippen LogP contribution in [-0.4, -0.2) is 49.3 Å². The largest absolute Gasteiger partial charge is 0.493 e. The summed E-state index contributed by atoms with van der Waals surface area (Å²) in [5.41, 5.74) is 3.75. The zero-order valence-electron chi connectivity index (χ0n) is 17.4. The molecule has 32 heavy (non-hydrogen) atoms. The zero-order valence-corrected chi connectivity index (χ0v) is 17.4. The number of imidazole rings is 1.